The lowest BCUT2D eigenvalue weighted by Gasteiger charge is -2.19. The second kappa shape index (κ2) is 6.60. The van der Waals surface area contributed by atoms with Crippen molar-refractivity contribution in [1.82, 2.24) is 14.5 Å². The van der Waals surface area contributed by atoms with Gasteiger partial charge >= 0.3 is 0 Å². The molecule has 0 radical (unpaired) electrons. The van der Waals surface area contributed by atoms with Crippen molar-refractivity contribution >= 4 is 34.2 Å². The average molecular weight is 300 g/mol. The molecule has 3 nitrogen and oxygen atoms in total. The van der Waals surface area contributed by atoms with E-state index < -0.39 is 0 Å². The molecule has 0 fully saturated rings. The van der Waals surface area contributed by atoms with Crippen molar-refractivity contribution < 1.29 is 0 Å². The van der Waals surface area contributed by atoms with Crippen LogP contribution in [0.15, 0.2) is 18.2 Å². The zero-order valence-corrected chi connectivity index (χ0v) is 12.9. The van der Waals surface area contributed by atoms with E-state index in [9.17, 15) is 0 Å². The van der Waals surface area contributed by atoms with Crippen molar-refractivity contribution in [3.05, 3.63) is 29.0 Å². The summed E-state index contributed by atoms with van der Waals surface area (Å²) in [5.41, 5.74) is 1.91. The van der Waals surface area contributed by atoms with Crippen molar-refractivity contribution in [3.63, 3.8) is 0 Å². The molecule has 0 aliphatic heterocycles. The van der Waals surface area contributed by atoms with E-state index in [2.05, 4.69) is 28.3 Å². The smallest absolute Gasteiger partial charge is 0.124 e. The van der Waals surface area contributed by atoms with Gasteiger partial charge in [0.05, 0.1) is 21.9 Å². The molecular weight excluding hydrogens is 281 g/mol. The summed E-state index contributed by atoms with van der Waals surface area (Å²) >= 11 is 12.3. The SMILES string of the molecule is CCN(CC)CCn1c(CCl)nc2cccc(Cl)c21. The molecule has 19 heavy (non-hydrogen) atoms. The third-order valence-electron chi connectivity index (χ3n) is 3.45. The van der Waals surface area contributed by atoms with E-state index >= 15 is 0 Å². The van der Waals surface area contributed by atoms with E-state index in [0.29, 0.717) is 5.88 Å². The van der Waals surface area contributed by atoms with Gasteiger partial charge in [0.2, 0.25) is 0 Å². The number of likely N-dealkylation sites (N-methyl/N-ethyl adjacent to an activating group) is 1. The maximum Gasteiger partial charge on any atom is 0.124 e. The van der Waals surface area contributed by atoms with Crippen molar-refractivity contribution in [1.29, 1.82) is 0 Å². The number of rotatable bonds is 6. The fourth-order valence-corrected chi connectivity index (χ4v) is 2.79. The molecule has 1 aromatic heterocycles. The van der Waals surface area contributed by atoms with Crippen LogP contribution in [0.5, 0.6) is 0 Å². The number of hydrogen-bond donors (Lipinski definition) is 0. The Bertz CT molecular complexity index is 547. The van der Waals surface area contributed by atoms with Crippen molar-refractivity contribution in [3.8, 4) is 0 Å². The van der Waals surface area contributed by atoms with Gasteiger partial charge in [-0.05, 0) is 25.2 Å². The van der Waals surface area contributed by atoms with Crippen LogP contribution in [0.3, 0.4) is 0 Å². The van der Waals surface area contributed by atoms with Crippen LogP contribution in [0.2, 0.25) is 5.02 Å². The lowest BCUT2D eigenvalue weighted by molar-refractivity contribution is 0.291. The van der Waals surface area contributed by atoms with Crippen molar-refractivity contribution in [2.24, 2.45) is 0 Å². The van der Waals surface area contributed by atoms with Gasteiger partial charge in [-0.2, -0.15) is 0 Å². The van der Waals surface area contributed by atoms with Crippen LogP contribution in [-0.4, -0.2) is 34.1 Å². The van der Waals surface area contributed by atoms with Crippen molar-refractivity contribution in [2.75, 3.05) is 19.6 Å². The minimum absolute atomic E-state index is 0.406. The van der Waals surface area contributed by atoms with Crippen molar-refractivity contribution in [2.45, 2.75) is 26.3 Å². The molecule has 0 saturated heterocycles. The molecule has 0 aliphatic rings. The number of benzene rings is 1. The van der Waals surface area contributed by atoms with Crippen LogP contribution in [0.4, 0.5) is 0 Å². The Morgan fingerprint density at radius 3 is 2.63 bits per heavy atom. The van der Waals surface area contributed by atoms with Crippen LogP contribution in [0.1, 0.15) is 19.7 Å². The number of nitrogens with zero attached hydrogens (tertiary/aromatic N) is 3. The molecule has 2 rings (SSSR count). The molecular formula is C14H19Cl2N3. The molecule has 0 saturated carbocycles. The van der Waals surface area contributed by atoms with Crippen LogP contribution in [0.25, 0.3) is 11.0 Å². The monoisotopic (exact) mass is 299 g/mol. The van der Waals surface area contributed by atoms with E-state index in [1.54, 1.807) is 0 Å². The van der Waals surface area contributed by atoms with Gasteiger partial charge in [-0.1, -0.05) is 31.5 Å². The molecule has 1 aromatic carbocycles. The largest absolute Gasteiger partial charge is 0.324 e. The third kappa shape index (κ3) is 3.04. The molecule has 0 amide bonds. The molecule has 5 heteroatoms. The molecule has 104 valence electrons. The lowest BCUT2D eigenvalue weighted by Crippen LogP contribution is -2.27. The van der Waals surface area contributed by atoms with Crippen LogP contribution >= 0.6 is 23.2 Å². The van der Waals surface area contributed by atoms with Gasteiger partial charge in [-0.25, -0.2) is 4.98 Å². The summed E-state index contributed by atoms with van der Waals surface area (Å²) in [6, 6.07) is 5.80. The second-order valence-corrected chi connectivity index (χ2v) is 5.12. The number of alkyl halides is 1. The maximum atomic E-state index is 6.30. The average Bonchev–Trinajstić information content (AvgIpc) is 2.79. The van der Waals surface area contributed by atoms with Crippen LogP contribution in [-0.2, 0) is 12.4 Å². The predicted molar refractivity (Wildman–Crippen MR) is 82.1 cm³/mol. The highest BCUT2D eigenvalue weighted by molar-refractivity contribution is 6.35. The number of halogens is 2. The first-order valence-electron chi connectivity index (χ1n) is 6.63. The van der Waals surface area contributed by atoms with Gasteiger partial charge in [0.15, 0.2) is 0 Å². The van der Waals surface area contributed by atoms with E-state index in [0.717, 1.165) is 48.1 Å². The minimum atomic E-state index is 0.406. The quantitative estimate of drug-likeness (QED) is 0.757. The minimum Gasteiger partial charge on any atom is -0.324 e. The Morgan fingerprint density at radius 1 is 1.26 bits per heavy atom. The Labute approximate surface area is 124 Å². The summed E-state index contributed by atoms with van der Waals surface area (Å²) in [5, 5.41) is 0.737. The number of fused-ring (bicyclic) bond motifs is 1. The van der Waals surface area contributed by atoms with E-state index in [4.69, 9.17) is 23.2 Å². The topological polar surface area (TPSA) is 21.1 Å². The van der Waals surface area contributed by atoms with Gasteiger partial charge < -0.3 is 9.47 Å². The molecule has 0 atom stereocenters. The molecule has 1 heterocycles. The van der Waals surface area contributed by atoms with Gasteiger partial charge in [0.25, 0.3) is 0 Å². The number of hydrogen-bond acceptors (Lipinski definition) is 2. The summed E-state index contributed by atoms with van der Waals surface area (Å²) in [7, 11) is 0. The zero-order chi connectivity index (χ0) is 13.8. The summed E-state index contributed by atoms with van der Waals surface area (Å²) in [4.78, 5) is 6.93. The summed E-state index contributed by atoms with van der Waals surface area (Å²) in [5.74, 6) is 1.29. The summed E-state index contributed by atoms with van der Waals surface area (Å²) in [6.45, 7) is 8.29. The molecule has 0 unspecified atom stereocenters. The Balaban J connectivity index is 2.34. The standard InChI is InChI=1S/C14H19Cl2N3/c1-3-18(4-2)8-9-19-13(10-15)17-12-7-5-6-11(16)14(12)19/h5-7H,3-4,8-10H2,1-2H3. The normalized spacial score (nSPS) is 11.6. The predicted octanol–water partition coefficient (Wildman–Crippen LogP) is 3.77. The van der Waals surface area contributed by atoms with Gasteiger partial charge in [0, 0.05) is 13.1 Å². The highest BCUT2D eigenvalue weighted by atomic mass is 35.5. The second-order valence-electron chi connectivity index (χ2n) is 4.45. The van der Waals surface area contributed by atoms with Crippen LogP contribution < -0.4 is 0 Å². The fourth-order valence-electron chi connectivity index (χ4n) is 2.31. The van der Waals surface area contributed by atoms with Gasteiger partial charge in [-0.3, -0.25) is 0 Å². The Morgan fingerprint density at radius 2 is 2.00 bits per heavy atom. The summed E-state index contributed by atoms with van der Waals surface area (Å²) in [6.07, 6.45) is 0. The first-order chi connectivity index (χ1) is 9.21. The first-order valence-corrected chi connectivity index (χ1v) is 7.54. The highest BCUT2D eigenvalue weighted by Crippen LogP contribution is 2.25. The van der Waals surface area contributed by atoms with E-state index in [1.165, 1.54) is 0 Å². The molecule has 0 N–H and O–H groups in total. The molecule has 2 aromatic rings. The third-order valence-corrected chi connectivity index (χ3v) is 3.99. The number of aromatic nitrogens is 2. The van der Waals surface area contributed by atoms with Gasteiger partial charge in [0.1, 0.15) is 5.82 Å². The van der Waals surface area contributed by atoms with E-state index in [1.807, 2.05) is 18.2 Å². The fraction of sp³-hybridized carbons (Fsp3) is 0.500. The molecule has 0 spiro atoms. The highest BCUT2D eigenvalue weighted by Gasteiger charge is 2.13. The number of imidazole rings is 1. The Hall–Kier alpha value is -0.770. The first kappa shape index (κ1) is 14.6. The summed E-state index contributed by atoms with van der Waals surface area (Å²) < 4.78 is 2.14. The zero-order valence-electron chi connectivity index (χ0n) is 11.4. The van der Waals surface area contributed by atoms with Gasteiger partial charge in [-0.15, -0.1) is 11.6 Å². The van der Waals surface area contributed by atoms with E-state index in [-0.39, 0.29) is 0 Å². The lowest BCUT2D eigenvalue weighted by atomic mass is 10.3. The molecule has 0 aliphatic carbocycles. The maximum absolute atomic E-state index is 6.30. The Kier molecular flexibility index (Phi) is 5.08. The number of para-hydroxylation sites is 1. The molecule has 0 bridgehead atoms. The van der Waals surface area contributed by atoms with Crippen LogP contribution in [0, 0.1) is 0 Å².